The fourth-order valence-electron chi connectivity index (χ4n) is 3.23. The van der Waals surface area contributed by atoms with E-state index in [9.17, 15) is 9.59 Å². The van der Waals surface area contributed by atoms with Gasteiger partial charge in [0.1, 0.15) is 6.26 Å². The van der Waals surface area contributed by atoms with Crippen LogP contribution in [0.3, 0.4) is 0 Å². The fraction of sp³-hybridized carbons (Fsp3) is 0.368. The monoisotopic (exact) mass is 326 g/mol. The lowest BCUT2D eigenvalue weighted by Gasteiger charge is -2.34. The van der Waals surface area contributed by atoms with Crippen molar-refractivity contribution in [2.75, 3.05) is 24.5 Å². The number of nitrogens with zero attached hydrogens (tertiary/aromatic N) is 2. The molecule has 1 saturated heterocycles. The molecule has 1 fully saturated rings. The molecule has 0 N–H and O–H groups in total. The van der Waals surface area contributed by atoms with Gasteiger partial charge in [-0.1, -0.05) is 18.2 Å². The van der Waals surface area contributed by atoms with Gasteiger partial charge in [0.15, 0.2) is 0 Å². The Hall–Kier alpha value is -2.56. The average Bonchev–Trinajstić information content (AvgIpc) is 3.17. The normalized spacial score (nSPS) is 17.5. The van der Waals surface area contributed by atoms with Crippen molar-refractivity contribution in [3.63, 3.8) is 0 Å². The Morgan fingerprint density at radius 2 is 2.04 bits per heavy atom. The van der Waals surface area contributed by atoms with Crippen LogP contribution in [0, 0.1) is 5.92 Å². The maximum atomic E-state index is 13.0. The summed E-state index contributed by atoms with van der Waals surface area (Å²) in [5, 5.41) is 0. The number of hydrogen-bond donors (Lipinski definition) is 0. The molecule has 3 rings (SSSR count). The molecule has 0 spiro atoms. The summed E-state index contributed by atoms with van der Waals surface area (Å²) in [7, 11) is 0. The second-order valence-electron chi connectivity index (χ2n) is 6.02. The lowest BCUT2D eigenvalue weighted by molar-refractivity contribution is -0.123. The Bertz CT molecular complexity index is 682. The Morgan fingerprint density at radius 3 is 2.71 bits per heavy atom. The predicted octanol–water partition coefficient (Wildman–Crippen LogP) is 3.18. The Kier molecular flexibility index (Phi) is 4.99. The van der Waals surface area contributed by atoms with Crippen LogP contribution in [-0.2, 0) is 4.79 Å². The minimum absolute atomic E-state index is 0.0657. The third-order valence-electron chi connectivity index (χ3n) is 4.48. The Morgan fingerprint density at radius 1 is 1.25 bits per heavy atom. The largest absolute Gasteiger partial charge is 0.472 e. The maximum absolute atomic E-state index is 13.0. The van der Waals surface area contributed by atoms with Gasteiger partial charge in [0.05, 0.1) is 17.7 Å². The van der Waals surface area contributed by atoms with E-state index in [0.717, 1.165) is 18.5 Å². The van der Waals surface area contributed by atoms with Crippen LogP contribution in [-0.4, -0.2) is 36.3 Å². The van der Waals surface area contributed by atoms with Crippen LogP contribution < -0.4 is 4.90 Å². The van der Waals surface area contributed by atoms with E-state index in [-0.39, 0.29) is 17.7 Å². The Labute approximate surface area is 141 Å². The van der Waals surface area contributed by atoms with Gasteiger partial charge < -0.3 is 14.2 Å². The van der Waals surface area contributed by atoms with Crippen LogP contribution in [0.4, 0.5) is 5.69 Å². The van der Waals surface area contributed by atoms with Crippen molar-refractivity contribution in [1.82, 2.24) is 4.90 Å². The van der Waals surface area contributed by atoms with Gasteiger partial charge >= 0.3 is 0 Å². The molecule has 0 saturated carbocycles. The standard InChI is InChI=1S/C19H22N2O3/c1-2-21(17-8-4-3-5-9-17)19(23)15-7-6-11-20(13-15)18(22)16-10-12-24-14-16/h3-5,8-10,12,14-15H,2,6-7,11,13H2,1H3/t15-/m0/s1. The molecule has 1 aliphatic heterocycles. The average molecular weight is 326 g/mol. The first-order chi connectivity index (χ1) is 11.7. The number of piperidine rings is 1. The van der Waals surface area contributed by atoms with Crippen LogP contribution in [0.2, 0.25) is 0 Å². The molecule has 1 aromatic carbocycles. The van der Waals surface area contributed by atoms with Crippen LogP contribution >= 0.6 is 0 Å². The van der Waals surface area contributed by atoms with E-state index in [1.165, 1.54) is 12.5 Å². The molecule has 5 heteroatoms. The van der Waals surface area contributed by atoms with Crippen molar-refractivity contribution in [3.05, 3.63) is 54.5 Å². The first-order valence-corrected chi connectivity index (χ1v) is 8.38. The van der Waals surface area contributed by atoms with E-state index in [4.69, 9.17) is 4.42 Å². The zero-order chi connectivity index (χ0) is 16.9. The second-order valence-corrected chi connectivity index (χ2v) is 6.02. The van der Waals surface area contributed by atoms with Crippen LogP contribution in [0.5, 0.6) is 0 Å². The highest BCUT2D eigenvalue weighted by molar-refractivity contribution is 5.97. The third-order valence-corrected chi connectivity index (χ3v) is 4.48. The van der Waals surface area contributed by atoms with E-state index in [1.807, 2.05) is 37.3 Å². The molecule has 126 valence electrons. The van der Waals surface area contributed by atoms with Gasteiger partial charge in [-0.05, 0) is 38.0 Å². The zero-order valence-electron chi connectivity index (χ0n) is 13.9. The molecule has 2 amide bonds. The molecule has 1 aromatic heterocycles. The first-order valence-electron chi connectivity index (χ1n) is 8.38. The number of carbonyl (C=O) groups is 2. The molecular weight excluding hydrogens is 304 g/mol. The molecule has 0 unspecified atom stereocenters. The third kappa shape index (κ3) is 3.35. The van der Waals surface area contributed by atoms with Gasteiger partial charge in [0.25, 0.3) is 5.91 Å². The highest BCUT2D eigenvalue weighted by atomic mass is 16.3. The molecule has 0 radical (unpaired) electrons. The molecular formula is C19H22N2O3. The predicted molar refractivity (Wildman–Crippen MR) is 91.8 cm³/mol. The molecule has 2 heterocycles. The van der Waals surface area contributed by atoms with E-state index >= 15 is 0 Å². The van der Waals surface area contributed by atoms with Gasteiger partial charge in [-0.15, -0.1) is 0 Å². The molecule has 24 heavy (non-hydrogen) atoms. The van der Waals surface area contributed by atoms with E-state index in [1.54, 1.807) is 15.9 Å². The van der Waals surface area contributed by atoms with E-state index < -0.39 is 0 Å². The first kappa shape index (κ1) is 16.3. The van der Waals surface area contributed by atoms with Gasteiger partial charge in [-0.2, -0.15) is 0 Å². The van der Waals surface area contributed by atoms with Gasteiger partial charge in [-0.3, -0.25) is 9.59 Å². The van der Waals surface area contributed by atoms with Crippen LogP contribution in [0.15, 0.2) is 53.3 Å². The van der Waals surface area contributed by atoms with Crippen molar-refractivity contribution < 1.29 is 14.0 Å². The number of rotatable bonds is 4. The highest BCUT2D eigenvalue weighted by Crippen LogP contribution is 2.23. The van der Waals surface area contributed by atoms with Gasteiger partial charge in [0, 0.05) is 25.3 Å². The summed E-state index contributed by atoms with van der Waals surface area (Å²) >= 11 is 0. The van der Waals surface area contributed by atoms with Crippen LogP contribution in [0.1, 0.15) is 30.1 Å². The summed E-state index contributed by atoms with van der Waals surface area (Å²) in [6, 6.07) is 11.4. The fourth-order valence-corrected chi connectivity index (χ4v) is 3.23. The minimum atomic E-state index is -0.158. The number of hydrogen-bond acceptors (Lipinski definition) is 3. The van der Waals surface area contributed by atoms with Crippen molar-refractivity contribution in [3.8, 4) is 0 Å². The van der Waals surface area contributed by atoms with E-state index in [2.05, 4.69) is 0 Å². The summed E-state index contributed by atoms with van der Waals surface area (Å²) in [5.74, 6) is -0.132. The van der Waals surface area contributed by atoms with Gasteiger partial charge in [-0.25, -0.2) is 0 Å². The summed E-state index contributed by atoms with van der Waals surface area (Å²) < 4.78 is 4.99. The second kappa shape index (κ2) is 7.34. The van der Waals surface area contributed by atoms with E-state index in [0.29, 0.717) is 25.2 Å². The molecule has 0 aliphatic carbocycles. The number of carbonyl (C=O) groups excluding carboxylic acids is 2. The van der Waals surface area contributed by atoms with Crippen molar-refractivity contribution in [2.24, 2.45) is 5.92 Å². The number of benzene rings is 1. The molecule has 2 aromatic rings. The summed E-state index contributed by atoms with van der Waals surface area (Å²) in [4.78, 5) is 29.0. The minimum Gasteiger partial charge on any atom is -0.472 e. The van der Waals surface area contributed by atoms with Crippen molar-refractivity contribution >= 4 is 17.5 Å². The summed E-state index contributed by atoms with van der Waals surface area (Å²) in [6.07, 6.45) is 4.60. The lowest BCUT2D eigenvalue weighted by atomic mass is 9.95. The smallest absolute Gasteiger partial charge is 0.257 e. The van der Waals surface area contributed by atoms with Crippen LogP contribution in [0.25, 0.3) is 0 Å². The summed E-state index contributed by atoms with van der Waals surface area (Å²) in [5.41, 5.74) is 1.45. The van der Waals surface area contributed by atoms with Gasteiger partial charge in [0.2, 0.25) is 5.91 Å². The van der Waals surface area contributed by atoms with Crippen molar-refractivity contribution in [1.29, 1.82) is 0 Å². The number of likely N-dealkylation sites (tertiary alicyclic amines) is 1. The zero-order valence-corrected chi connectivity index (χ0v) is 13.9. The summed E-state index contributed by atoms with van der Waals surface area (Å²) in [6.45, 7) is 3.74. The molecule has 0 bridgehead atoms. The molecule has 5 nitrogen and oxygen atoms in total. The quantitative estimate of drug-likeness (QED) is 0.867. The maximum Gasteiger partial charge on any atom is 0.257 e. The number of para-hydroxylation sites is 1. The lowest BCUT2D eigenvalue weighted by Crippen LogP contribution is -2.46. The van der Waals surface area contributed by atoms with Crippen molar-refractivity contribution in [2.45, 2.75) is 19.8 Å². The Balaban J connectivity index is 1.72. The number of amides is 2. The topological polar surface area (TPSA) is 53.8 Å². The number of furan rings is 1. The SMILES string of the molecule is CCN(C(=O)[C@H]1CCCN(C(=O)c2ccoc2)C1)c1ccccc1. The molecule has 1 aliphatic rings. The number of anilines is 1. The highest BCUT2D eigenvalue weighted by Gasteiger charge is 2.31. The molecule has 1 atom stereocenters.